The molecule has 0 spiro atoms. The summed E-state index contributed by atoms with van der Waals surface area (Å²) in [5.41, 5.74) is 2.26. The van der Waals surface area contributed by atoms with Crippen LogP contribution in [0.3, 0.4) is 0 Å². The summed E-state index contributed by atoms with van der Waals surface area (Å²) in [6, 6.07) is 17.0. The quantitative estimate of drug-likeness (QED) is 0.285. The minimum Gasteiger partial charge on any atom is -0.508 e. The molecule has 2 unspecified atom stereocenters. The van der Waals surface area contributed by atoms with Crippen molar-refractivity contribution in [3.05, 3.63) is 59.7 Å². The number of rotatable bonds is 7. The van der Waals surface area contributed by atoms with Crippen LogP contribution in [-0.4, -0.2) is 55.3 Å². The fourth-order valence-electron chi connectivity index (χ4n) is 3.99. The summed E-state index contributed by atoms with van der Waals surface area (Å²) in [6.45, 7) is 5.08. The van der Waals surface area contributed by atoms with E-state index in [4.69, 9.17) is 4.74 Å². The zero-order valence-electron chi connectivity index (χ0n) is 18.7. The van der Waals surface area contributed by atoms with Gasteiger partial charge in [0.15, 0.2) is 5.96 Å². The van der Waals surface area contributed by atoms with Gasteiger partial charge >= 0.3 is 0 Å². The molecular weight excluding hydrogens is 503 g/mol. The van der Waals surface area contributed by atoms with E-state index >= 15 is 0 Å². The molecule has 1 fully saturated rings. The number of aliphatic imine (C=N–C) groups is 1. The monoisotopic (exact) mass is 538 g/mol. The molecule has 6 nitrogen and oxygen atoms in total. The molecule has 0 amide bonds. The van der Waals surface area contributed by atoms with E-state index in [1.807, 2.05) is 12.1 Å². The predicted molar refractivity (Wildman–Crippen MR) is 138 cm³/mol. The van der Waals surface area contributed by atoms with Crippen LogP contribution < -0.4 is 15.4 Å². The van der Waals surface area contributed by atoms with Crippen molar-refractivity contribution in [3.63, 3.8) is 0 Å². The Kier molecular flexibility index (Phi) is 10.4. The zero-order chi connectivity index (χ0) is 21.3. The first-order valence-electron chi connectivity index (χ1n) is 10.7. The molecule has 1 aliphatic rings. The number of nitrogens with one attached hydrogen (secondary N) is 2. The van der Waals surface area contributed by atoms with E-state index in [2.05, 4.69) is 57.8 Å². The number of phenols is 1. The van der Waals surface area contributed by atoms with Gasteiger partial charge in [0.2, 0.25) is 0 Å². The topological polar surface area (TPSA) is 69.1 Å². The number of phenolic OH excluding ortho intramolecular Hbond substituents is 1. The van der Waals surface area contributed by atoms with E-state index in [0.29, 0.717) is 30.8 Å². The number of hydrogen-bond acceptors (Lipinski definition) is 4. The molecular formula is C24H35IN4O2. The highest BCUT2D eigenvalue weighted by atomic mass is 127. The molecule has 0 bridgehead atoms. The van der Waals surface area contributed by atoms with Crippen molar-refractivity contribution in [1.82, 2.24) is 15.5 Å². The van der Waals surface area contributed by atoms with Gasteiger partial charge in [-0.15, -0.1) is 24.0 Å². The summed E-state index contributed by atoms with van der Waals surface area (Å²) < 4.78 is 5.14. The maximum Gasteiger partial charge on any atom is 0.191 e. The number of benzene rings is 2. The van der Waals surface area contributed by atoms with E-state index in [-0.39, 0.29) is 29.7 Å². The number of piperidine rings is 1. The molecule has 0 aromatic heterocycles. The van der Waals surface area contributed by atoms with Crippen molar-refractivity contribution in [1.29, 1.82) is 0 Å². The maximum absolute atomic E-state index is 10.1. The number of nitrogens with zero attached hydrogens (tertiary/aromatic N) is 2. The smallest absolute Gasteiger partial charge is 0.191 e. The fourth-order valence-corrected chi connectivity index (χ4v) is 3.99. The number of aromatic hydroxyl groups is 1. The lowest BCUT2D eigenvalue weighted by atomic mass is 9.97. The third-order valence-electron chi connectivity index (χ3n) is 5.79. The number of methoxy groups -OCH3 is 1. The molecule has 7 heteroatoms. The molecule has 3 N–H and O–H groups in total. The van der Waals surface area contributed by atoms with Gasteiger partial charge in [-0.1, -0.05) is 36.4 Å². The van der Waals surface area contributed by atoms with E-state index in [9.17, 15) is 5.11 Å². The Bertz CT molecular complexity index is 832. The Morgan fingerprint density at radius 1 is 1.23 bits per heavy atom. The van der Waals surface area contributed by atoms with Gasteiger partial charge in [0.05, 0.1) is 7.11 Å². The van der Waals surface area contributed by atoms with Gasteiger partial charge in [-0.2, -0.15) is 0 Å². The zero-order valence-corrected chi connectivity index (χ0v) is 21.0. The van der Waals surface area contributed by atoms with Crippen LogP contribution in [0.2, 0.25) is 0 Å². The first-order valence-corrected chi connectivity index (χ1v) is 10.7. The molecule has 2 aromatic carbocycles. The Hall–Kier alpha value is -2.00. The van der Waals surface area contributed by atoms with Gasteiger partial charge in [-0.05, 0) is 43.4 Å². The van der Waals surface area contributed by atoms with Crippen LogP contribution >= 0.6 is 24.0 Å². The number of guanidine groups is 1. The second kappa shape index (κ2) is 12.8. The molecule has 2 atom stereocenters. The lowest BCUT2D eigenvalue weighted by molar-refractivity contribution is 0.134. The predicted octanol–water partition coefficient (Wildman–Crippen LogP) is 3.78. The minimum absolute atomic E-state index is 0. The van der Waals surface area contributed by atoms with Crippen LogP contribution in [-0.2, 0) is 13.0 Å². The van der Waals surface area contributed by atoms with Crippen LogP contribution in [0.5, 0.6) is 11.5 Å². The average molecular weight is 538 g/mol. The summed E-state index contributed by atoms with van der Waals surface area (Å²) in [6.07, 6.45) is 2.90. The molecule has 1 saturated heterocycles. The van der Waals surface area contributed by atoms with Crippen molar-refractivity contribution < 1.29 is 9.84 Å². The first kappa shape index (κ1) is 25.3. The second-order valence-electron chi connectivity index (χ2n) is 7.91. The fraction of sp³-hybridized carbons (Fsp3) is 0.458. The third-order valence-corrected chi connectivity index (χ3v) is 5.79. The van der Waals surface area contributed by atoms with Gasteiger partial charge in [0.1, 0.15) is 11.5 Å². The van der Waals surface area contributed by atoms with Gasteiger partial charge in [0.25, 0.3) is 0 Å². The van der Waals surface area contributed by atoms with Crippen LogP contribution in [0, 0.1) is 0 Å². The lowest BCUT2D eigenvalue weighted by Gasteiger charge is -2.38. The molecule has 3 rings (SSSR count). The summed E-state index contributed by atoms with van der Waals surface area (Å²) in [7, 11) is 3.40. The SMILES string of the molecule is CN=C(NCCc1ccc(OC)cc1O)NC1CCN(Cc2ccccc2)C(C)C1.I. The van der Waals surface area contributed by atoms with Gasteiger partial charge in [-0.25, -0.2) is 0 Å². The first-order chi connectivity index (χ1) is 14.6. The van der Waals surface area contributed by atoms with Crippen molar-refractivity contribution in [2.24, 2.45) is 4.99 Å². The van der Waals surface area contributed by atoms with Crippen molar-refractivity contribution >= 4 is 29.9 Å². The average Bonchev–Trinajstić information content (AvgIpc) is 2.76. The standard InChI is InChI=1S/C24H34N4O2.HI/c1-18-15-21(12-14-28(18)17-19-7-5-4-6-8-19)27-24(25-2)26-13-11-20-9-10-22(30-3)16-23(20)29;/h4-10,16,18,21,29H,11-15,17H2,1-3H3,(H2,25,26,27);1H. The van der Waals surface area contributed by atoms with Crippen LogP contribution in [0.1, 0.15) is 30.9 Å². The van der Waals surface area contributed by atoms with Crippen LogP contribution in [0.25, 0.3) is 0 Å². The molecule has 0 saturated carbocycles. The highest BCUT2D eigenvalue weighted by molar-refractivity contribution is 14.0. The van der Waals surface area contributed by atoms with Crippen molar-refractivity contribution in [2.45, 2.75) is 44.8 Å². The Labute approximate surface area is 203 Å². The largest absolute Gasteiger partial charge is 0.508 e. The number of likely N-dealkylation sites (tertiary alicyclic amines) is 1. The van der Waals surface area contributed by atoms with Gasteiger partial charge in [0, 0.05) is 44.8 Å². The van der Waals surface area contributed by atoms with E-state index in [1.54, 1.807) is 20.2 Å². The minimum atomic E-state index is 0. The summed E-state index contributed by atoms with van der Waals surface area (Å²) in [5, 5.41) is 17.0. The molecule has 31 heavy (non-hydrogen) atoms. The molecule has 0 radical (unpaired) electrons. The molecule has 0 aliphatic carbocycles. The molecule has 1 aliphatic heterocycles. The Balaban J connectivity index is 0.00000341. The van der Waals surface area contributed by atoms with Gasteiger partial charge < -0.3 is 20.5 Å². The summed E-state index contributed by atoms with van der Waals surface area (Å²) in [5.74, 6) is 1.74. The Morgan fingerprint density at radius 2 is 2.00 bits per heavy atom. The molecule has 170 valence electrons. The van der Waals surface area contributed by atoms with Crippen LogP contribution in [0.4, 0.5) is 0 Å². The molecule has 2 aromatic rings. The highest BCUT2D eigenvalue weighted by Crippen LogP contribution is 2.23. The summed E-state index contributed by atoms with van der Waals surface area (Å²) >= 11 is 0. The number of ether oxygens (including phenoxy) is 1. The van der Waals surface area contributed by atoms with Crippen LogP contribution in [0.15, 0.2) is 53.5 Å². The van der Waals surface area contributed by atoms with Gasteiger partial charge in [-0.3, -0.25) is 9.89 Å². The second-order valence-corrected chi connectivity index (χ2v) is 7.91. The van der Waals surface area contributed by atoms with E-state index in [0.717, 1.165) is 37.5 Å². The Morgan fingerprint density at radius 3 is 2.65 bits per heavy atom. The maximum atomic E-state index is 10.1. The normalized spacial score (nSPS) is 19.4. The van der Waals surface area contributed by atoms with E-state index < -0.39 is 0 Å². The highest BCUT2D eigenvalue weighted by Gasteiger charge is 2.25. The third kappa shape index (κ3) is 7.57. The van der Waals surface area contributed by atoms with E-state index in [1.165, 1.54) is 5.56 Å². The lowest BCUT2D eigenvalue weighted by Crippen LogP contribution is -2.51. The van der Waals surface area contributed by atoms with Crippen molar-refractivity contribution in [3.8, 4) is 11.5 Å². The number of hydrogen-bond donors (Lipinski definition) is 3. The summed E-state index contributed by atoms with van der Waals surface area (Å²) in [4.78, 5) is 6.93. The number of halogens is 1. The molecule has 1 heterocycles. The van der Waals surface area contributed by atoms with Crippen molar-refractivity contribution in [2.75, 3.05) is 27.2 Å².